The molecular weight excluding hydrogens is 556 g/mol. The third kappa shape index (κ3) is 26.0. The molecule has 0 fully saturated rings. The number of hydrogen-bond acceptors (Lipinski definition) is 7. The molecule has 0 aromatic heterocycles. The van der Waals surface area contributed by atoms with Crippen molar-refractivity contribution in [3.63, 3.8) is 0 Å². The van der Waals surface area contributed by atoms with E-state index in [-0.39, 0.29) is 38.0 Å². The van der Waals surface area contributed by atoms with E-state index in [0.717, 1.165) is 51.4 Å². The highest BCUT2D eigenvalue weighted by atomic mass is 16.6. The van der Waals surface area contributed by atoms with Crippen LogP contribution in [0.5, 0.6) is 0 Å². The van der Waals surface area contributed by atoms with Crippen molar-refractivity contribution in [3.05, 3.63) is 36.5 Å². The molecule has 2 atom stereocenters. The quantitative estimate of drug-likeness (QED) is 0.0751. The number of carbonyl (C=O) groups is 3. The summed E-state index contributed by atoms with van der Waals surface area (Å²) in [5, 5.41) is 10.0. The molecule has 1 N–H and O–H groups in total. The molecule has 0 aromatic carbocycles. The van der Waals surface area contributed by atoms with Crippen molar-refractivity contribution in [2.45, 2.75) is 167 Å². The lowest BCUT2D eigenvalue weighted by atomic mass is 10.1. The van der Waals surface area contributed by atoms with Crippen LogP contribution in [0.3, 0.4) is 0 Å². The minimum atomic E-state index is -0.816. The fraction of sp³-hybridized carbons (Fsp3) is 0.757. The highest BCUT2D eigenvalue weighted by Crippen LogP contribution is 2.12. The van der Waals surface area contributed by atoms with E-state index >= 15 is 0 Å². The third-order valence-electron chi connectivity index (χ3n) is 7.74. The Morgan fingerprint density at radius 3 is 2.27 bits per heavy atom. The molecule has 0 aromatic rings. The van der Waals surface area contributed by atoms with Gasteiger partial charge in [0, 0.05) is 19.3 Å². The SMILES string of the molecule is CCCCCCCC/C=C\CCCCCCCC(=O)OCC1COC(=O)CCCCCCC(O)/C=C/C/C=C/CCC(=O)O1. The van der Waals surface area contributed by atoms with Crippen LogP contribution in [0.25, 0.3) is 0 Å². The molecule has 1 aliphatic heterocycles. The van der Waals surface area contributed by atoms with E-state index in [1.807, 2.05) is 18.2 Å². The maximum Gasteiger partial charge on any atom is 0.306 e. The number of aliphatic hydroxyl groups is 1. The summed E-state index contributed by atoms with van der Waals surface area (Å²) < 4.78 is 16.2. The van der Waals surface area contributed by atoms with E-state index in [9.17, 15) is 19.5 Å². The minimum absolute atomic E-state index is 0.119. The summed E-state index contributed by atoms with van der Waals surface area (Å²) in [7, 11) is 0. The Morgan fingerprint density at radius 2 is 1.52 bits per heavy atom. The summed E-state index contributed by atoms with van der Waals surface area (Å²) in [4.78, 5) is 36.9. The number of cyclic esters (lactones) is 2. The van der Waals surface area contributed by atoms with Crippen LogP contribution in [0.1, 0.15) is 155 Å². The van der Waals surface area contributed by atoms with Gasteiger partial charge in [-0.2, -0.15) is 0 Å². The molecule has 0 saturated carbocycles. The maximum absolute atomic E-state index is 12.4. The molecule has 2 unspecified atom stereocenters. The Balaban J connectivity index is 2.28. The fourth-order valence-electron chi connectivity index (χ4n) is 5.02. The molecule has 7 nitrogen and oxygen atoms in total. The van der Waals surface area contributed by atoms with Gasteiger partial charge in [0.25, 0.3) is 0 Å². The van der Waals surface area contributed by atoms with Crippen LogP contribution in [-0.2, 0) is 28.6 Å². The smallest absolute Gasteiger partial charge is 0.306 e. The normalized spacial score (nSPS) is 21.3. The van der Waals surface area contributed by atoms with Gasteiger partial charge in [-0.25, -0.2) is 0 Å². The molecule has 0 saturated heterocycles. The molecule has 0 spiro atoms. The van der Waals surface area contributed by atoms with Crippen molar-refractivity contribution in [1.82, 2.24) is 0 Å². The molecule has 1 heterocycles. The van der Waals surface area contributed by atoms with E-state index in [2.05, 4.69) is 19.1 Å². The second kappa shape index (κ2) is 29.3. The van der Waals surface area contributed by atoms with Gasteiger partial charge in [0.1, 0.15) is 13.2 Å². The number of allylic oxidation sites excluding steroid dienone is 5. The number of rotatable bonds is 17. The van der Waals surface area contributed by atoms with Crippen molar-refractivity contribution in [2.24, 2.45) is 0 Å². The lowest BCUT2D eigenvalue weighted by Gasteiger charge is -2.18. The average molecular weight is 619 g/mol. The van der Waals surface area contributed by atoms with Crippen molar-refractivity contribution < 1.29 is 33.7 Å². The monoisotopic (exact) mass is 618 g/mol. The van der Waals surface area contributed by atoms with Gasteiger partial charge < -0.3 is 19.3 Å². The van der Waals surface area contributed by atoms with Crippen LogP contribution in [0.2, 0.25) is 0 Å². The number of carbonyl (C=O) groups excluding carboxylic acids is 3. The first-order valence-corrected chi connectivity index (χ1v) is 17.7. The Kier molecular flexibility index (Phi) is 26.4. The molecule has 252 valence electrons. The average Bonchev–Trinajstić information content (AvgIpc) is 3.01. The zero-order valence-corrected chi connectivity index (χ0v) is 27.7. The predicted octanol–water partition coefficient (Wildman–Crippen LogP) is 9.02. The molecule has 0 aliphatic carbocycles. The van der Waals surface area contributed by atoms with Crippen LogP contribution >= 0.6 is 0 Å². The van der Waals surface area contributed by atoms with Crippen molar-refractivity contribution in [2.75, 3.05) is 13.2 Å². The van der Waals surface area contributed by atoms with Gasteiger partial charge in [0.05, 0.1) is 6.10 Å². The van der Waals surface area contributed by atoms with Gasteiger partial charge in [-0.1, -0.05) is 114 Å². The Hall–Kier alpha value is -2.41. The highest BCUT2D eigenvalue weighted by Gasteiger charge is 2.19. The minimum Gasteiger partial charge on any atom is -0.462 e. The Morgan fingerprint density at radius 1 is 0.841 bits per heavy atom. The van der Waals surface area contributed by atoms with E-state index in [1.54, 1.807) is 6.08 Å². The van der Waals surface area contributed by atoms with Crippen LogP contribution in [0.4, 0.5) is 0 Å². The summed E-state index contributed by atoms with van der Waals surface area (Å²) in [5.74, 6) is -1.10. The Bertz CT molecular complexity index is 817. The molecule has 7 heteroatoms. The second-order valence-electron chi connectivity index (χ2n) is 12.0. The van der Waals surface area contributed by atoms with Crippen LogP contribution in [0.15, 0.2) is 36.5 Å². The summed E-state index contributed by atoms with van der Waals surface area (Å²) >= 11 is 0. The summed E-state index contributed by atoms with van der Waals surface area (Å²) in [5.41, 5.74) is 0. The lowest BCUT2D eigenvalue weighted by molar-refractivity contribution is -0.166. The van der Waals surface area contributed by atoms with Crippen molar-refractivity contribution in [1.29, 1.82) is 0 Å². The van der Waals surface area contributed by atoms with Crippen molar-refractivity contribution in [3.8, 4) is 0 Å². The number of hydrogen-bond donors (Lipinski definition) is 1. The van der Waals surface area contributed by atoms with E-state index in [1.165, 1.54) is 51.4 Å². The molecule has 1 rings (SSSR count). The third-order valence-corrected chi connectivity index (χ3v) is 7.74. The topological polar surface area (TPSA) is 99.1 Å². The molecule has 1 aliphatic rings. The number of esters is 3. The van der Waals surface area contributed by atoms with Gasteiger partial charge in [0.2, 0.25) is 0 Å². The molecule has 0 bridgehead atoms. The number of unbranched alkanes of at least 4 members (excludes halogenated alkanes) is 11. The largest absolute Gasteiger partial charge is 0.462 e. The predicted molar refractivity (Wildman–Crippen MR) is 177 cm³/mol. The van der Waals surface area contributed by atoms with Gasteiger partial charge in [-0.3, -0.25) is 14.4 Å². The molecule has 0 radical (unpaired) electrons. The van der Waals surface area contributed by atoms with Gasteiger partial charge >= 0.3 is 17.9 Å². The lowest BCUT2D eigenvalue weighted by Crippen LogP contribution is -2.30. The van der Waals surface area contributed by atoms with Gasteiger partial charge in [-0.15, -0.1) is 0 Å². The van der Waals surface area contributed by atoms with E-state index in [0.29, 0.717) is 32.1 Å². The fourth-order valence-corrected chi connectivity index (χ4v) is 5.02. The first kappa shape index (κ1) is 39.6. The van der Waals surface area contributed by atoms with Gasteiger partial charge in [0.15, 0.2) is 6.10 Å². The zero-order chi connectivity index (χ0) is 31.9. The first-order valence-electron chi connectivity index (χ1n) is 17.7. The summed E-state index contributed by atoms with van der Waals surface area (Å²) in [6.07, 6.45) is 32.6. The maximum atomic E-state index is 12.4. The molecule has 44 heavy (non-hydrogen) atoms. The summed E-state index contributed by atoms with van der Waals surface area (Å²) in [6, 6.07) is 0. The number of ether oxygens (including phenoxy) is 3. The standard InChI is InChI=1S/C37H62O7/c1-2-3-4-5-6-7-8-9-10-11-12-13-14-17-23-28-35(39)42-31-34-32-43-36(40)29-24-20-19-22-27-33(38)26-21-16-15-18-25-30-37(41)44-34/h9-10,15,18,21,26,33-34,38H,2-8,11-14,16-17,19-20,22-25,27-32H2,1H3/b10-9-,18-15+,26-21+. The first-order chi connectivity index (χ1) is 21.5. The van der Waals surface area contributed by atoms with E-state index < -0.39 is 18.2 Å². The zero-order valence-electron chi connectivity index (χ0n) is 27.7. The highest BCUT2D eigenvalue weighted by molar-refractivity contribution is 5.71. The van der Waals surface area contributed by atoms with Crippen LogP contribution in [0, 0.1) is 0 Å². The second-order valence-corrected chi connectivity index (χ2v) is 12.0. The Labute approximate surface area is 267 Å². The van der Waals surface area contributed by atoms with Crippen LogP contribution < -0.4 is 0 Å². The summed E-state index contributed by atoms with van der Waals surface area (Å²) in [6.45, 7) is 2.01. The van der Waals surface area contributed by atoms with Crippen LogP contribution in [-0.4, -0.2) is 48.4 Å². The molecule has 0 amide bonds. The molecular formula is C37H62O7. The van der Waals surface area contributed by atoms with E-state index in [4.69, 9.17) is 14.2 Å². The van der Waals surface area contributed by atoms with Gasteiger partial charge in [-0.05, 0) is 57.8 Å². The van der Waals surface area contributed by atoms with Crippen molar-refractivity contribution >= 4 is 17.9 Å². The number of aliphatic hydroxyl groups excluding tert-OH is 1.